The normalized spacial score (nSPS) is 31.4. The lowest BCUT2D eigenvalue weighted by atomic mass is 10.0. The standard InChI is InChI=1S/C12H21N2O2/c1-13(9-15)7-12(16)8-14-10-3-2-4-11(14)6-5-10/h2,9-12,16H,3-8H2,1H3/t10-,11+,12?. The molecule has 2 aliphatic heterocycles. The molecule has 1 amide bonds. The van der Waals surface area contributed by atoms with Crippen LogP contribution in [0, 0.1) is 6.42 Å². The maximum atomic E-state index is 10.5. The Morgan fingerprint density at radius 2 is 2.12 bits per heavy atom. The third-order valence-electron chi connectivity index (χ3n) is 3.75. The van der Waals surface area contributed by atoms with Gasteiger partial charge in [-0.25, -0.2) is 0 Å². The third kappa shape index (κ3) is 2.55. The van der Waals surface area contributed by atoms with Crippen molar-refractivity contribution in [3.8, 4) is 0 Å². The summed E-state index contributed by atoms with van der Waals surface area (Å²) in [5, 5.41) is 9.91. The molecule has 2 heterocycles. The molecule has 1 unspecified atom stereocenters. The molecule has 2 rings (SSSR count). The number of nitrogens with zero attached hydrogens (tertiary/aromatic N) is 2. The molecule has 0 spiro atoms. The lowest BCUT2D eigenvalue weighted by Crippen LogP contribution is -2.46. The lowest BCUT2D eigenvalue weighted by Gasteiger charge is -2.36. The first-order valence-electron chi connectivity index (χ1n) is 6.11. The van der Waals surface area contributed by atoms with Crippen molar-refractivity contribution >= 4 is 6.41 Å². The maximum Gasteiger partial charge on any atom is 0.209 e. The van der Waals surface area contributed by atoms with Crippen LogP contribution in [-0.4, -0.2) is 59.6 Å². The molecule has 91 valence electrons. The van der Waals surface area contributed by atoms with Crippen LogP contribution in [0.5, 0.6) is 0 Å². The molecule has 2 aliphatic rings. The van der Waals surface area contributed by atoms with Gasteiger partial charge in [0, 0.05) is 32.2 Å². The smallest absolute Gasteiger partial charge is 0.209 e. The van der Waals surface area contributed by atoms with E-state index < -0.39 is 6.10 Å². The van der Waals surface area contributed by atoms with Crippen molar-refractivity contribution < 1.29 is 9.90 Å². The molecule has 3 atom stereocenters. The Labute approximate surface area is 97.2 Å². The second-order valence-electron chi connectivity index (χ2n) is 5.04. The average Bonchev–Trinajstić information content (AvgIpc) is 2.52. The van der Waals surface area contributed by atoms with Gasteiger partial charge >= 0.3 is 0 Å². The first kappa shape index (κ1) is 11.9. The summed E-state index contributed by atoms with van der Waals surface area (Å²) in [5.74, 6) is 0. The minimum absolute atomic E-state index is 0.420. The van der Waals surface area contributed by atoms with Crippen LogP contribution in [0.3, 0.4) is 0 Å². The van der Waals surface area contributed by atoms with Gasteiger partial charge in [0.05, 0.1) is 6.10 Å². The van der Waals surface area contributed by atoms with Gasteiger partial charge in [-0.15, -0.1) is 0 Å². The summed E-state index contributed by atoms with van der Waals surface area (Å²) in [6.07, 6.45) is 7.56. The summed E-state index contributed by atoms with van der Waals surface area (Å²) >= 11 is 0. The van der Waals surface area contributed by atoms with Crippen molar-refractivity contribution in [1.82, 2.24) is 9.80 Å². The fourth-order valence-electron chi connectivity index (χ4n) is 2.98. The highest BCUT2D eigenvalue weighted by Crippen LogP contribution is 2.34. The van der Waals surface area contributed by atoms with E-state index in [4.69, 9.17) is 0 Å². The molecule has 0 aliphatic carbocycles. The molecule has 2 bridgehead atoms. The zero-order valence-corrected chi connectivity index (χ0v) is 9.88. The van der Waals surface area contributed by atoms with Crippen LogP contribution in [0.4, 0.5) is 0 Å². The van der Waals surface area contributed by atoms with Crippen molar-refractivity contribution in [1.29, 1.82) is 0 Å². The molecule has 0 aromatic carbocycles. The zero-order chi connectivity index (χ0) is 11.5. The highest BCUT2D eigenvalue weighted by molar-refractivity contribution is 5.46. The topological polar surface area (TPSA) is 43.8 Å². The van der Waals surface area contributed by atoms with Gasteiger partial charge in [-0.3, -0.25) is 9.69 Å². The number of hydrogen-bond donors (Lipinski definition) is 1. The number of amides is 1. The minimum Gasteiger partial charge on any atom is -0.390 e. The molecule has 0 aromatic rings. The summed E-state index contributed by atoms with van der Waals surface area (Å²) in [5.41, 5.74) is 0. The number of carbonyl (C=O) groups excluding carboxylic acids is 1. The molecule has 2 saturated heterocycles. The number of aliphatic hydroxyl groups is 1. The Balaban J connectivity index is 1.82. The average molecular weight is 225 g/mol. The van der Waals surface area contributed by atoms with Crippen LogP contribution in [0.15, 0.2) is 0 Å². The lowest BCUT2D eigenvalue weighted by molar-refractivity contribution is -0.118. The first-order valence-corrected chi connectivity index (χ1v) is 6.11. The Morgan fingerprint density at radius 1 is 1.50 bits per heavy atom. The Morgan fingerprint density at radius 3 is 2.69 bits per heavy atom. The van der Waals surface area contributed by atoms with Gasteiger partial charge in [-0.2, -0.15) is 0 Å². The molecule has 0 saturated carbocycles. The second-order valence-corrected chi connectivity index (χ2v) is 5.04. The predicted octanol–water partition coefficient (Wildman–Crippen LogP) is 0.267. The van der Waals surface area contributed by atoms with E-state index in [0.29, 0.717) is 25.2 Å². The van der Waals surface area contributed by atoms with Crippen LogP contribution in [0.2, 0.25) is 0 Å². The van der Waals surface area contributed by atoms with Gasteiger partial charge in [0.2, 0.25) is 6.41 Å². The number of hydrogen-bond acceptors (Lipinski definition) is 3. The number of likely N-dealkylation sites (N-methyl/N-ethyl adjacent to an activating group) is 1. The van der Waals surface area contributed by atoms with E-state index in [0.717, 1.165) is 19.3 Å². The molecule has 1 N–H and O–H groups in total. The van der Waals surface area contributed by atoms with E-state index in [1.807, 2.05) is 0 Å². The molecular formula is C12H21N2O2. The van der Waals surface area contributed by atoms with Crippen molar-refractivity contribution in [3.05, 3.63) is 6.42 Å². The zero-order valence-electron chi connectivity index (χ0n) is 9.88. The van der Waals surface area contributed by atoms with E-state index in [2.05, 4.69) is 11.3 Å². The van der Waals surface area contributed by atoms with Crippen molar-refractivity contribution in [2.24, 2.45) is 0 Å². The molecule has 0 aromatic heterocycles. The molecule has 1 radical (unpaired) electrons. The second kappa shape index (κ2) is 5.15. The monoisotopic (exact) mass is 225 g/mol. The Bertz CT molecular complexity index is 231. The number of aliphatic hydroxyl groups excluding tert-OH is 1. The van der Waals surface area contributed by atoms with Crippen LogP contribution >= 0.6 is 0 Å². The summed E-state index contributed by atoms with van der Waals surface area (Å²) < 4.78 is 0. The van der Waals surface area contributed by atoms with E-state index in [1.54, 1.807) is 7.05 Å². The van der Waals surface area contributed by atoms with Gasteiger partial charge < -0.3 is 10.0 Å². The van der Waals surface area contributed by atoms with Crippen LogP contribution < -0.4 is 0 Å². The Hall–Kier alpha value is -0.610. The van der Waals surface area contributed by atoms with Gasteiger partial charge in [0.15, 0.2) is 0 Å². The van der Waals surface area contributed by atoms with E-state index in [9.17, 15) is 9.90 Å². The van der Waals surface area contributed by atoms with Gasteiger partial charge in [0.1, 0.15) is 0 Å². The highest BCUT2D eigenvalue weighted by Gasteiger charge is 2.37. The highest BCUT2D eigenvalue weighted by atomic mass is 16.3. The van der Waals surface area contributed by atoms with Crippen molar-refractivity contribution in [2.45, 2.75) is 43.9 Å². The maximum absolute atomic E-state index is 10.5. The fraction of sp³-hybridized carbons (Fsp3) is 0.833. The van der Waals surface area contributed by atoms with E-state index in [1.165, 1.54) is 17.7 Å². The largest absolute Gasteiger partial charge is 0.390 e. The van der Waals surface area contributed by atoms with Crippen LogP contribution in [0.1, 0.15) is 25.7 Å². The SMILES string of the molecule is CN(C=O)CC(O)CN1[C@@H]2C[CH]C[C@H]1CC2. The predicted molar refractivity (Wildman–Crippen MR) is 61.8 cm³/mol. The van der Waals surface area contributed by atoms with E-state index >= 15 is 0 Å². The molecular weight excluding hydrogens is 204 g/mol. The van der Waals surface area contributed by atoms with Crippen LogP contribution in [0.25, 0.3) is 0 Å². The molecule has 2 fully saturated rings. The fourth-order valence-corrected chi connectivity index (χ4v) is 2.98. The quantitative estimate of drug-likeness (QED) is 0.683. The number of fused-ring (bicyclic) bond motifs is 2. The molecule has 16 heavy (non-hydrogen) atoms. The number of piperidine rings is 1. The minimum atomic E-state index is -0.420. The summed E-state index contributed by atoms with van der Waals surface area (Å²) in [6, 6.07) is 1.27. The third-order valence-corrected chi connectivity index (χ3v) is 3.75. The summed E-state index contributed by atoms with van der Waals surface area (Å²) in [7, 11) is 1.70. The van der Waals surface area contributed by atoms with Crippen molar-refractivity contribution in [3.63, 3.8) is 0 Å². The van der Waals surface area contributed by atoms with Gasteiger partial charge in [-0.1, -0.05) is 0 Å². The summed E-state index contributed by atoms with van der Waals surface area (Å²) in [6.45, 7) is 1.14. The van der Waals surface area contributed by atoms with Gasteiger partial charge in [-0.05, 0) is 32.1 Å². The van der Waals surface area contributed by atoms with Gasteiger partial charge in [0.25, 0.3) is 0 Å². The first-order chi connectivity index (χ1) is 7.70. The van der Waals surface area contributed by atoms with Crippen molar-refractivity contribution in [2.75, 3.05) is 20.1 Å². The van der Waals surface area contributed by atoms with E-state index in [-0.39, 0.29) is 0 Å². The number of rotatable bonds is 5. The molecule has 4 nitrogen and oxygen atoms in total. The van der Waals surface area contributed by atoms with Crippen LogP contribution in [-0.2, 0) is 4.79 Å². The molecule has 4 heteroatoms. The summed E-state index contributed by atoms with van der Waals surface area (Å²) in [4.78, 5) is 14.4. The number of carbonyl (C=O) groups is 1. The Kier molecular flexibility index (Phi) is 3.82.